The van der Waals surface area contributed by atoms with Gasteiger partial charge in [-0.15, -0.1) is 0 Å². The number of carbonyl (C=O) groups is 2. The zero-order valence-corrected chi connectivity index (χ0v) is 23.0. The van der Waals surface area contributed by atoms with Gasteiger partial charge in [0.1, 0.15) is 5.78 Å². The number of carbonyl (C=O) groups excluding carboxylic acids is 1. The van der Waals surface area contributed by atoms with Crippen LogP contribution in [-0.2, 0) is 9.59 Å². The molecule has 198 valence electrons. The SMILES string of the molecule is CC(=CCCC(C)C1CCC2(C)C(=O)C3(CCC12C)C(O)CC1C(C)(C)C(O)CCC13C)C(=O)O. The molecule has 4 rings (SSSR count). The lowest BCUT2D eigenvalue weighted by atomic mass is 9.41. The van der Waals surface area contributed by atoms with Crippen molar-refractivity contribution in [3.63, 3.8) is 0 Å². The summed E-state index contributed by atoms with van der Waals surface area (Å²) in [7, 11) is 0. The van der Waals surface area contributed by atoms with Crippen molar-refractivity contribution in [1.29, 1.82) is 0 Å². The van der Waals surface area contributed by atoms with Gasteiger partial charge in [-0.1, -0.05) is 47.6 Å². The van der Waals surface area contributed by atoms with Gasteiger partial charge in [0, 0.05) is 11.0 Å². The Morgan fingerprint density at radius 2 is 1.66 bits per heavy atom. The van der Waals surface area contributed by atoms with Gasteiger partial charge in [-0.05, 0) is 98.7 Å². The maximum absolute atomic E-state index is 14.8. The van der Waals surface area contributed by atoms with Gasteiger partial charge in [-0.3, -0.25) is 4.79 Å². The van der Waals surface area contributed by atoms with E-state index in [9.17, 15) is 19.8 Å². The third kappa shape index (κ3) is 3.39. The van der Waals surface area contributed by atoms with Crippen molar-refractivity contribution in [2.75, 3.05) is 0 Å². The lowest BCUT2D eigenvalue weighted by Crippen LogP contribution is -2.64. The molecule has 0 aliphatic heterocycles. The molecule has 0 amide bonds. The van der Waals surface area contributed by atoms with Gasteiger partial charge in [0.2, 0.25) is 0 Å². The van der Waals surface area contributed by atoms with Crippen LogP contribution in [0.2, 0.25) is 0 Å². The monoisotopic (exact) mass is 488 g/mol. The predicted molar refractivity (Wildman–Crippen MR) is 137 cm³/mol. The van der Waals surface area contributed by atoms with Crippen molar-refractivity contribution < 1.29 is 24.9 Å². The highest BCUT2D eigenvalue weighted by molar-refractivity contribution is 5.94. The van der Waals surface area contributed by atoms with E-state index in [1.165, 1.54) is 0 Å². The number of aliphatic carboxylic acids is 1. The number of allylic oxidation sites excluding steroid dienone is 1. The van der Waals surface area contributed by atoms with Gasteiger partial charge in [0.05, 0.1) is 17.6 Å². The van der Waals surface area contributed by atoms with Crippen LogP contribution in [0.25, 0.3) is 0 Å². The minimum atomic E-state index is -0.860. The van der Waals surface area contributed by atoms with Gasteiger partial charge in [-0.25, -0.2) is 4.79 Å². The molecule has 1 spiro atoms. The fraction of sp³-hybridized carbons (Fsp3) is 0.867. The average Bonchev–Trinajstić information content (AvgIpc) is 3.19. The molecule has 4 fully saturated rings. The number of aliphatic hydroxyl groups excluding tert-OH is 2. The van der Waals surface area contributed by atoms with Crippen LogP contribution in [0.3, 0.4) is 0 Å². The van der Waals surface area contributed by atoms with Gasteiger partial charge in [-0.2, -0.15) is 0 Å². The van der Waals surface area contributed by atoms with E-state index in [0.717, 1.165) is 44.9 Å². The first kappa shape index (κ1) is 26.9. The number of aliphatic hydroxyl groups is 2. The van der Waals surface area contributed by atoms with Crippen molar-refractivity contribution in [3.05, 3.63) is 11.6 Å². The average molecular weight is 489 g/mol. The number of rotatable bonds is 5. The maximum Gasteiger partial charge on any atom is 0.330 e. The van der Waals surface area contributed by atoms with Gasteiger partial charge >= 0.3 is 5.97 Å². The molecule has 0 saturated heterocycles. The highest BCUT2D eigenvalue weighted by Crippen LogP contribution is 2.75. The highest BCUT2D eigenvalue weighted by atomic mass is 16.4. The molecule has 0 radical (unpaired) electrons. The minimum Gasteiger partial charge on any atom is -0.478 e. The zero-order chi connectivity index (χ0) is 26.2. The molecule has 5 nitrogen and oxygen atoms in total. The Hall–Kier alpha value is -1.20. The van der Waals surface area contributed by atoms with Crippen molar-refractivity contribution in [2.45, 2.75) is 118 Å². The lowest BCUT2D eigenvalue weighted by molar-refractivity contribution is -0.186. The van der Waals surface area contributed by atoms with E-state index in [1.54, 1.807) is 6.92 Å². The number of carboxylic acids is 1. The van der Waals surface area contributed by atoms with Crippen LogP contribution < -0.4 is 0 Å². The summed E-state index contributed by atoms with van der Waals surface area (Å²) >= 11 is 0. The normalized spacial score (nSPS) is 48.0. The van der Waals surface area contributed by atoms with E-state index in [2.05, 4.69) is 41.5 Å². The Labute approximate surface area is 211 Å². The Kier molecular flexibility index (Phi) is 6.45. The van der Waals surface area contributed by atoms with Gasteiger partial charge in [0.25, 0.3) is 0 Å². The predicted octanol–water partition coefficient (Wildman–Crippen LogP) is 5.77. The molecule has 4 aliphatic rings. The van der Waals surface area contributed by atoms with Gasteiger partial charge in [0.15, 0.2) is 0 Å². The first-order valence-corrected chi connectivity index (χ1v) is 13.9. The maximum atomic E-state index is 14.8. The molecule has 9 unspecified atom stereocenters. The largest absolute Gasteiger partial charge is 0.478 e. The first-order valence-electron chi connectivity index (χ1n) is 13.9. The summed E-state index contributed by atoms with van der Waals surface area (Å²) in [4.78, 5) is 25.9. The van der Waals surface area contributed by atoms with Crippen LogP contribution in [0.15, 0.2) is 11.6 Å². The van der Waals surface area contributed by atoms with E-state index >= 15 is 0 Å². The molecule has 3 N–H and O–H groups in total. The molecule has 5 heteroatoms. The number of fused-ring (bicyclic) bond motifs is 3. The molecule has 0 heterocycles. The van der Waals surface area contributed by atoms with Crippen LogP contribution in [0, 0.1) is 44.8 Å². The third-order valence-corrected chi connectivity index (χ3v) is 12.6. The molecule has 35 heavy (non-hydrogen) atoms. The van der Waals surface area contributed by atoms with E-state index in [1.807, 2.05) is 6.08 Å². The Morgan fingerprint density at radius 3 is 2.29 bits per heavy atom. The van der Waals surface area contributed by atoms with E-state index < -0.39 is 29.0 Å². The van der Waals surface area contributed by atoms with Crippen LogP contribution >= 0.6 is 0 Å². The standard InChI is InChI=1S/C30H48O5/c1-18(9-8-10-19(2)24(33)34)20-11-13-29(7)25(35)30(16-15-27(20,29)5)23(32)17-21-26(3,4)22(31)12-14-28(21,30)6/h10,18,20-23,31-32H,8-9,11-17H2,1-7H3,(H,33,34). The number of hydrogen-bond acceptors (Lipinski definition) is 4. The summed E-state index contributed by atoms with van der Waals surface area (Å²) in [5.41, 5.74) is -1.50. The summed E-state index contributed by atoms with van der Waals surface area (Å²) in [6, 6.07) is 0. The third-order valence-electron chi connectivity index (χ3n) is 12.6. The number of hydrogen-bond donors (Lipinski definition) is 3. The molecule has 0 aromatic rings. The number of ketones is 1. The molecule has 9 atom stereocenters. The van der Waals surface area contributed by atoms with Crippen molar-refractivity contribution in [2.24, 2.45) is 44.8 Å². The van der Waals surface area contributed by atoms with E-state index in [-0.39, 0.29) is 22.2 Å². The van der Waals surface area contributed by atoms with E-state index in [0.29, 0.717) is 36.0 Å². The van der Waals surface area contributed by atoms with Crippen LogP contribution in [-0.4, -0.2) is 39.3 Å². The highest BCUT2D eigenvalue weighted by Gasteiger charge is 2.76. The van der Waals surface area contributed by atoms with E-state index in [4.69, 9.17) is 5.11 Å². The van der Waals surface area contributed by atoms with Crippen molar-refractivity contribution in [1.82, 2.24) is 0 Å². The fourth-order valence-corrected chi connectivity index (χ4v) is 9.92. The Balaban J connectivity index is 1.62. The summed E-state index contributed by atoms with van der Waals surface area (Å²) in [5.74, 6) is 0.383. The molecule has 0 aromatic heterocycles. The topological polar surface area (TPSA) is 94.8 Å². The Bertz CT molecular complexity index is 922. The smallest absolute Gasteiger partial charge is 0.330 e. The lowest BCUT2D eigenvalue weighted by Gasteiger charge is -2.62. The molecule has 0 aromatic carbocycles. The first-order chi connectivity index (χ1) is 16.1. The second kappa shape index (κ2) is 8.41. The molecule has 4 aliphatic carbocycles. The second-order valence-corrected chi connectivity index (χ2v) is 14.0. The zero-order valence-electron chi connectivity index (χ0n) is 23.0. The van der Waals surface area contributed by atoms with Gasteiger partial charge < -0.3 is 15.3 Å². The summed E-state index contributed by atoms with van der Waals surface area (Å²) in [6.07, 6.45) is 8.11. The molecular formula is C30H48O5. The van der Waals surface area contributed by atoms with Crippen molar-refractivity contribution >= 4 is 11.8 Å². The number of Topliss-reactive ketones (excluding diaryl/α,β-unsaturated/α-hetero) is 1. The summed E-state index contributed by atoms with van der Waals surface area (Å²) < 4.78 is 0. The molecular weight excluding hydrogens is 440 g/mol. The number of carboxylic acid groups (broad SMARTS) is 1. The van der Waals surface area contributed by atoms with Crippen LogP contribution in [0.5, 0.6) is 0 Å². The minimum absolute atomic E-state index is 0.113. The molecule has 4 saturated carbocycles. The van der Waals surface area contributed by atoms with Crippen molar-refractivity contribution in [3.8, 4) is 0 Å². The second-order valence-electron chi connectivity index (χ2n) is 14.0. The Morgan fingerprint density at radius 1 is 1.00 bits per heavy atom. The quantitative estimate of drug-likeness (QED) is 0.427. The molecule has 0 bridgehead atoms. The summed E-state index contributed by atoms with van der Waals surface area (Å²) in [6.45, 7) is 14.9. The summed E-state index contributed by atoms with van der Waals surface area (Å²) in [5, 5.41) is 31.6. The fourth-order valence-electron chi connectivity index (χ4n) is 9.92. The van der Waals surface area contributed by atoms with Crippen LogP contribution in [0.4, 0.5) is 0 Å². The van der Waals surface area contributed by atoms with Crippen LogP contribution in [0.1, 0.15) is 106 Å².